The molecule has 3 aromatic rings. The Morgan fingerprint density at radius 1 is 0.864 bits per heavy atom. The molecule has 0 spiro atoms. The molecule has 4 heteroatoms. The molecule has 0 saturated carbocycles. The van der Waals surface area contributed by atoms with Crippen molar-refractivity contribution < 1.29 is 0 Å². The van der Waals surface area contributed by atoms with Gasteiger partial charge in [-0.05, 0) is 0 Å². The van der Waals surface area contributed by atoms with Crippen LogP contribution in [0.2, 0.25) is 0 Å². The van der Waals surface area contributed by atoms with E-state index in [1.807, 2.05) is 0 Å². The van der Waals surface area contributed by atoms with Gasteiger partial charge in [-0.15, -0.1) is 0 Å². The number of benzene rings is 2. The van der Waals surface area contributed by atoms with E-state index in [1.54, 1.807) is 0 Å². The SMILES string of the molecule is CC1c2nn[se]c2C(c2ccccc2)[Se]C1c1ccccc1. The molecular formula is C18H16N2Se2. The average Bonchev–Trinajstić information content (AvgIpc) is 3.07. The Balaban J connectivity index is 1.79. The van der Waals surface area contributed by atoms with E-state index >= 15 is 0 Å². The fourth-order valence-electron chi connectivity index (χ4n) is 3.04. The minimum absolute atomic E-state index is 0.202. The van der Waals surface area contributed by atoms with Gasteiger partial charge in [0.25, 0.3) is 0 Å². The van der Waals surface area contributed by atoms with Crippen molar-refractivity contribution in [2.24, 2.45) is 0 Å². The molecule has 0 aliphatic carbocycles. The van der Waals surface area contributed by atoms with Gasteiger partial charge in [-0.25, -0.2) is 0 Å². The molecule has 22 heavy (non-hydrogen) atoms. The van der Waals surface area contributed by atoms with Crippen molar-refractivity contribution in [3.05, 3.63) is 81.9 Å². The zero-order valence-electron chi connectivity index (χ0n) is 12.2. The van der Waals surface area contributed by atoms with Crippen LogP contribution in [-0.2, 0) is 0 Å². The van der Waals surface area contributed by atoms with Crippen LogP contribution in [0.5, 0.6) is 0 Å². The van der Waals surface area contributed by atoms with Crippen molar-refractivity contribution in [3.8, 4) is 0 Å². The number of rotatable bonds is 2. The summed E-state index contributed by atoms with van der Waals surface area (Å²) < 4.78 is 5.93. The van der Waals surface area contributed by atoms with Gasteiger partial charge in [0.1, 0.15) is 0 Å². The molecule has 110 valence electrons. The summed E-state index contributed by atoms with van der Waals surface area (Å²) in [6, 6.07) is 21.9. The molecule has 0 radical (unpaired) electrons. The van der Waals surface area contributed by atoms with Crippen LogP contribution in [0.3, 0.4) is 0 Å². The quantitative estimate of drug-likeness (QED) is 0.598. The first-order valence-corrected chi connectivity index (χ1v) is 11.0. The molecule has 3 atom stereocenters. The van der Waals surface area contributed by atoms with Crippen LogP contribution < -0.4 is 0 Å². The summed E-state index contributed by atoms with van der Waals surface area (Å²) in [5.74, 6) is 0.491. The number of aromatic nitrogens is 2. The van der Waals surface area contributed by atoms with Crippen molar-refractivity contribution >= 4 is 29.7 Å². The van der Waals surface area contributed by atoms with E-state index in [1.165, 1.54) is 21.3 Å². The minimum atomic E-state index is 0.202. The predicted molar refractivity (Wildman–Crippen MR) is 90.6 cm³/mol. The summed E-state index contributed by atoms with van der Waals surface area (Å²) in [4.78, 5) is 1.13. The van der Waals surface area contributed by atoms with Gasteiger partial charge < -0.3 is 0 Å². The maximum atomic E-state index is 4.53. The standard InChI is InChI=1S/C18H16N2Se2/c1-12-15-18(22-20-19-15)17(14-10-6-3-7-11-14)21-16(12)13-8-4-2-5-9-13/h2-12,16-17H,1H3. The molecule has 0 saturated heterocycles. The van der Waals surface area contributed by atoms with E-state index in [-0.39, 0.29) is 14.7 Å². The number of nitrogens with zero attached hydrogens (tertiary/aromatic N) is 2. The summed E-state index contributed by atoms with van der Waals surface area (Å²) in [5.41, 5.74) is 4.17. The molecule has 4 rings (SSSR count). The van der Waals surface area contributed by atoms with Gasteiger partial charge in [-0.1, -0.05) is 0 Å². The zero-order valence-corrected chi connectivity index (χ0v) is 15.6. The molecule has 0 N–H and O–H groups in total. The average molecular weight is 418 g/mol. The summed E-state index contributed by atoms with van der Waals surface area (Å²) >= 11 is 0.700. The molecule has 0 fully saturated rings. The number of hydrogen-bond donors (Lipinski definition) is 0. The van der Waals surface area contributed by atoms with E-state index in [0.717, 1.165) is 0 Å². The Kier molecular flexibility index (Phi) is 4.02. The molecule has 2 heterocycles. The zero-order chi connectivity index (χ0) is 14.9. The van der Waals surface area contributed by atoms with Crippen LogP contribution in [-0.4, -0.2) is 38.9 Å². The van der Waals surface area contributed by atoms with Crippen molar-refractivity contribution in [1.29, 1.82) is 0 Å². The molecule has 1 aliphatic rings. The molecule has 1 aliphatic heterocycles. The van der Waals surface area contributed by atoms with E-state index < -0.39 is 0 Å². The molecular weight excluding hydrogens is 402 g/mol. The third-order valence-electron chi connectivity index (χ3n) is 4.18. The second-order valence-corrected chi connectivity index (χ2v) is 9.84. The molecule has 1 aromatic heterocycles. The van der Waals surface area contributed by atoms with E-state index in [9.17, 15) is 0 Å². The Hall–Kier alpha value is -1.18. The Bertz CT molecular complexity index is 755. The fourth-order valence-corrected chi connectivity index (χ4v) is 8.94. The first kappa shape index (κ1) is 14.4. The third-order valence-corrected chi connectivity index (χ3v) is 10.3. The monoisotopic (exact) mass is 420 g/mol. The topological polar surface area (TPSA) is 25.8 Å². The molecule has 2 nitrogen and oxygen atoms in total. The van der Waals surface area contributed by atoms with E-state index in [4.69, 9.17) is 0 Å². The normalized spacial score (nSPS) is 24.0. The first-order valence-electron chi connectivity index (χ1n) is 7.42. The van der Waals surface area contributed by atoms with Gasteiger partial charge in [-0.2, -0.15) is 0 Å². The second kappa shape index (κ2) is 6.14. The Labute approximate surface area is 143 Å². The van der Waals surface area contributed by atoms with Crippen molar-refractivity contribution in [3.63, 3.8) is 0 Å². The van der Waals surface area contributed by atoms with Gasteiger partial charge in [0.15, 0.2) is 0 Å². The van der Waals surface area contributed by atoms with E-state index in [2.05, 4.69) is 76.8 Å². The van der Waals surface area contributed by atoms with Crippen LogP contribution in [0, 0.1) is 0 Å². The third kappa shape index (κ3) is 2.51. The second-order valence-electron chi connectivity index (χ2n) is 5.57. The fraction of sp³-hybridized carbons (Fsp3) is 0.222. The summed E-state index contributed by atoms with van der Waals surface area (Å²) in [6.45, 7) is 2.33. The maximum absolute atomic E-state index is 4.53. The predicted octanol–water partition coefficient (Wildman–Crippen LogP) is 3.19. The Morgan fingerprint density at radius 3 is 2.18 bits per heavy atom. The molecule has 0 bridgehead atoms. The Morgan fingerprint density at radius 2 is 1.50 bits per heavy atom. The van der Waals surface area contributed by atoms with Crippen molar-refractivity contribution in [2.75, 3.05) is 0 Å². The molecule has 2 aromatic carbocycles. The van der Waals surface area contributed by atoms with Crippen molar-refractivity contribution in [2.45, 2.75) is 22.5 Å². The van der Waals surface area contributed by atoms with Crippen LogP contribution in [0.25, 0.3) is 0 Å². The van der Waals surface area contributed by atoms with Gasteiger partial charge in [0.2, 0.25) is 0 Å². The molecule has 3 unspecified atom stereocenters. The summed E-state index contributed by atoms with van der Waals surface area (Å²) in [7, 11) is 0. The van der Waals surface area contributed by atoms with Gasteiger partial charge in [0, 0.05) is 0 Å². The van der Waals surface area contributed by atoms with E-state index in [0.29, 0.717) is 30.5 Å². The van der Waals surface area contributed by atoms with Crippen LogP contribution in [0.1, 0.15) is 43.7 Å². The number of hydrogen-bond acceptors (Lipinski definition) is 2. The summed E-state index contributed by atoms with van der Waals surface area (Å²) in [6.07, 6.45) is 0. The first-order chi connectivity index (χ1) is 10.8. The molecule has 0 amide bonds. The van der Waals surface area contributed by atoms with Crippen LogP contribution >= 0.6 is 0 Å². The number of fused-ring (bicyclic) bond motifs is 1. The van der Waals surface area contributed by atoms with Crippen molar-refractivity contribution in [1.82, 2.24) is 9.19 Å². The van der Waals surface area contributed by atoms with Crippen LogP contribution in [0.15, 0.2) is 60.7 Å². The van der Waals surface area contributed by atoms with Gasteiger partial charge in [-0.3, -0.25) is 0 Å². The summed E-state index contributed by atoms with van der Waals surface area (Å²) in [5, 5.41) is 4.53. The van der Waals surface area contributed by atoms with Gasteiger partial charge in [0.05, 0.1) is 0 Å². The van der Waals surface area contributed by atoms with Gasteiger partial charge >= 0.3 is 143 Å². The van der Waals surface area contributed by atoms with Crippen LogP contribution in [0.4, 0.5) is 0 Å².